The Bertz CT molecular complexity index is 1150. The van der Waals surface area contributed by atoms with Crippen molar-refractivity contribution < 1.29 is 27.6 Å². The van der Waals surface area contributed by atoms with Crippen molar-refractivity contribution in [1.29, 1.82) is 0 Å². The van der Waals surface area contributed by atoms with Gasteiger partial charge in [-0.2, -0.15) is 13.2 Å². The van der Waals surface area contributed by atoms with Crippen molar-refractivity contribution in [2.45, 2.75) is 68.6 Å². The number of pyridine rings is 1. The lowest BCUT2D eigenvalue weighted by atomic mass is 9.74. The van der Waals surface area contributed by atoms with E-state index in [4.69, 9.17) is 0 Å². The number of amides is 3. The summed E-state index contributed by atoms with van der Waals surface area (Å²) < 4.78 is 40.6. The zero-order valence-electron chi connectivity index (χ0n) is 19.1. The van der Waals surface area contributed by atoms with Crippen LogP contribution in [0.3, 0.4) is 0 Å². The lowest BCUT2D eigenvalue weighted by Crippen LogP contribution is -2.46. The second-order valence-corrected chi connectivity index (χ2v) is 9.70. The fraction of sp³-hybridized carbons (Fsp3) is 0.462. The van der Waals surface area contributed by atoms with E-state index in [0.29, 0.717) is 19.4 Å². The van der Waals surface area contributed by atoms with Crippen molar-refractivity contribution >= 4 is 17.7 Å². The molecule has 1 saturated carbocycles. The number of rotatable bonds is 5. The van der Waals surface area contributed by atoms with Gasteiger partial charge in [0.25, 0.3) is 0 Å². The number of piperidine rings is 1. The van der Waals surface area contributed by atoms with Gasteiger partial charge >= 0.3 is 6.18 Å². The number of halogens is 3. The van der Waals surface area contributed by atoms with Gasteiger partial charge in [0.2, 0.25) is 17.7 Å². The predicted molar refractivity (Wildman–Crippen MR) is 120 cm³/mol. The highest BCUT2D eigenvalue weighted by molar-refractivity contribution is 6.11. The van der Waals surface area contributed by atoms with Gasteiger partial charge < -0.3 is 4.90 Å². The largest absolute Gasteiger partial charge is 0.416 e. The third kappa shape index (κ3) is 4.32. The Labute approximate surface area is 201 Å². The molecule has 0 spiro atoms. The van der Waals surface area contributed by atoms with E-state index in [1.54, 1.807) is 23.4 Å². The first-order valence-electron chi connectivity index (χ1n) is 11.9. The summed E-state index contributed by atoms with van der Waals surface area (Å²) in [6.45, 7) is 0.478. The zero-order chi connectivity index (χ0) is 24.8. The lowest BCUT2D eigenvalue weighted by Gasteiger charge is -2.38. The summed E-state index contributed by atoms with van der Waals surface area (Å²) in [5, 5.41) is 0. The van der Waals surface area contributed by atoms with Gasteiger partial charge in [-0.05, 0) is 55.4 Å². The molecule has 9 heteroatoms. The van der Waals surface area contributed by atoms with Crippen molar-refractivity contribution in [1.82, 2.24) is 14.8 Å². The number of carbonyl (C=O) groups excluding carboxylic acids is 3. The molecule has 0 radical (unpaired) electrons. The topological polar surface area (TPSA) is 70.6 Å². The van der Waals surface area contributed by atoms with Crippen LogP contribution in [0.25, 0.3) is 0 Å². The summed E-state index contributed by atoms with van der Waals surface area (Å²) in [5.41, 5.74) is -1.60. The van der Waals surface area contributed by atoms with Crippen LogP contribution in [0.15, 0.2) is 48.8 Å². The number of carbonyl (C=O) groups is 3. The molecular formula is C26H26F3N3O3. The lowest BCUT2D eigenvalue weighted by molar-refractivity contribution is -0.144. The Kier molecular flexibility index (Phi) is 5.89. The van der Waals surface area contributed by atoms with Crippen molar-refractivity contribution in [3.8, 4) is 0 Å². The molecule has 0 N–H and O–H groups in total. The summed E-state index contributed by atoms with van der Waals surface area (Å²) in [6.07, 6.45) is 1.90. The van der Waals surface area contributed by atoms with E-state index < -0.39 is 29.0 Å². The molecule has 2 atom stereocenters. The molecule has 1 aromatic heterocycles. The summed E-state index contributed by atoms with van der Waals surface area (Å²) in [7, 11) is 0. The number of nitrogens with zero attached hydrogens (tertiary/aromatic N) is 3. The van der Waals surface area contributed by atoms with Crippen molar-refractivity contribution in [3.63, 3.8) is 0 Å². The van der Waals surface area contributed by atoms with Gasteiger partial charge in [0, 0.05) is 37.8 Å². The van der Waals surface area contributed by atoms with E-state index in [-0.39, 0.29) is 36.4 Å². The molecule has 2 saturated heterocycles. The number of benzene rings is 1. The maximum atomic E-state index is 13.7. The van der Waals surface area contributed by atoms with E-state index in [2.05, 4.69) is 4.98 Å². The fourth-order valence-corrected chi connectivity index (χ4v) is 5.43. The average molecular weight is 486 g/mol. The molecule has 0 bridgehead atoms. The number of imide groups is 1. The Balaban J connectivity index is 1.52. The molecule has 2 aromatic rings. The van der Waals surface area contributed by atoms with Crippen LogP contribution in [0, 0.1) is 0 Å². The smallest absolute Gasteiger partial charge is 0.336 e. The molecule has 2 aliphatic heterocycles. The zero-order valence-corrected chi connectivity index (χ0v) is 19.1. The average Bonchev–Trinajstić information content (AvgIpc) is 3.65. The minimum Gasteiger partial charge on any atom is -0.336 e. The minimum absolute atomic E-state index is 0.0668. The second kappa shape index (κ2) is 8.77. The van der Waals surface area contributed by atoms with Gasteiger partial charge in [0.1, 0.15) is 0 Å². The van der Waals surface area contributed by atoms with E-state index in [1.165, 1.54) is 17.0 Å². The van der Waals surface area contributed by atoms with Crippen LogP contribution in [-0.4, -0.2) is 45.1 Å². The number of aromatic nitrogens is 1. The van der Waals surface area contributed by atoms with Crippen LogP contribution in [-0.2, 0) is 26.0 Å². The molecule has 184 valence electrons. The Morgan fingerprint density at radius 3 is 2.57 bits per heavy atom. The molecule has 35 heavy (non-hydrogen) atoms. The van der Waals surface area contributed by atoms with Crippen LogP contribution in [0.2, 0.25) is 0 Å². The Morgan fingerprint density at radius 2 is 1.89 bits per heavy atom. The highest BCUT2D eigenvalue weighted by Gasteiger charge is 2.57. The van der Waals surface area contributed by atoms with E-state index >= 15 is 0 Å². The van der Waals surface area contributed by atoms with E-state index in [9.17, 15) is 27.6 Å². The van der Waals surface area contributed by atoms with E-state index in [1.807, 2.05) is 6.07 Å². The molecule has 1 aromatic carbocycles. The first-order valence-corrected chi connectivity index (χ1v) is 11.9. The molecule has 3 amide bonds. The normalized spacial score (nSPS) is 25.3. The predicted octanol–water partition coefficient (Wildman–Crippen LogP) is 4.40. The summed E-state index contributed by atoms with van der Waals surface area (Å²) in [6, 6.07) is 7.76. The summed E-state index contributed by atoms with van der Waals surface area (Å²) in [5.74, 6) is -1.33. The minimum atomic E-state index is -4.61. The second-order valence-electron chi connectivity index (χ2n) is 9.70. The van der Waals surface area contributed by atoms with Crippen LogP contribution >= 0.6 is 0 Å². The van der Waals surface area contributed by atoms with Gasteiger partial charge in [-0.15, -0.1) is 0 Å². The quantitative estimate of drug-likeness (QED) is 0.589. The maximum Gasteiger partial charge on any atom is 0.416 e. The molecular weight excluding hydrogens is 459 g/mol. The van der Waals surface area contributed by atoms with Crippen molar-refractivity contribution in [3.05, 3.63) is 65.5 Å². The molecule has 1 aliphatic carbocycles. The molecule has 5 rings (SSSR count). The van der Waals surface area contributed by atoms with Crippen LogP contribution in [0.1, 0.15) is 67.7 Å². The fourth-order valence-electron chi connectivity index (χ4n) is 5.43. The van der Waals surface area contributed by atoms with Crippen LogP contribution in [0.5, 0.6) is 0 Å². The van der Waals surface area contributed by atoms with Crippen LogP contribution < -0.4 is 0 Å². The standard InChI is InChI=1S/C26H26F3N3O3/c27-26(28,29)19-7-3-6-18(13-19)25(15-23(34)32(24(25)35)20-9-10-20)14-22(33)31-12-2-1-8-21(31)17-5-4-11-30-16-17/h3-7,11,13,16,20-21H,1-2,8-10,12,14-15H2/t21-,25+/m0/s1. The van der Waals surface area contributed by atoms with Gasteiger partial charge in [-0.3, -0.25) is 24.3 Å². The van der Waals surface area contributed by atoms with E-state index in [0.717, 1.165) is 37.0 Å². The summed E-state index contributed by atoms with van der Waals surface area (Å²) >= 11 is 0. The molecule has 6 nitrogen and oxygen atoms in total. The first kappa shape index (κ1) is 23.5. The van der Waals surface area contributed by atoms with Gasteiger partial charge in [0.05, 0.1) is 17.0 Å². The van der Waals surface area contributed by atoms with Gasteiger partial charge in [-0.1, -0.05) is 24.3 Å². The van der Waals surface area contributed by atoms with Crippen molar-refractivity contribution in [2.75, 3.05) is 6.54 Å². The monoisotopic (exact) mass is 485 g/mol. The third-order valence-electron chi connectivity index (χ3n) is 7.35. The number of likely N-dealkylation sites (tertiary alicyclic amines) is 2. The Morgan fingerprint density at radius 1 is 1.09 bits per heavy atom. The highest BCUT2D eigenvalue weighted by atomic mass is 19.4. The first-order chi connectivity index (χ1) is 16.7. The third-order valence-corrected chi connectivity index (χ3v) is 7.35. The number of alkyl halides is 3. The molecule has 3 aliphatic rings. The number of hydrogen-bond acceptors (Lipinski definition) is 4. The SMILES string of the molecule is O=C1C[C@](CC(=O)N2CCCC[C@H]2c2cccnc2)(c2cccc(C(F)(F)F)c2)C(=O)N1C1CC1. The van der Waals surface area contributed by atoms with Crippen LogP contribution in [0.4, 0.5) is 13.2 Å². The maximum absolute atomic E-state index is 13.7. The Hall–Kier alpha value is -3.23. The number of hydrogen-bond donors (Lipinski definition) is 0. The van der Waals surface area contributed by atoms with Gasteiger partial charge in [0.15, 0.2) is 0 Å². The van der Waals surface area contributed by atoms with Crippen molar-refractivity contribution in [2.24, 2.45) is 0 Å². The molecule has 3 heterocycles. The molecule has 3 fully saturated rings. The highest BCUT2D eigenvalue weighted by Crippen LogP contribution is 2.46. The summed E-state index contributed by atoms with van der Waals surface area (Å²) in [4.78, 5) is 47.4. The molecule has 0 unspecified atom stereocenters. The van der Waals surface area contributed by atoms with Gasteiger partial charge in [-0.25, -0.2) is 0 Å².